The van der Waals surface area contributed by atoms with Crippen LogP contribution in [0, 0.1) is 11.7 Å². The van der Waals surface area contributed by atoms with Gasteiger partial charge in [0.1, 0.15) is 23.7 Å². The Morgan fingerprint density at radius 1 is 1.10 bits per heavy atom. The van der Waals surface area contributed by atoms with E-state index in [-0.39, 0.29) is 23.6 Å². The average Bonchev–Trinajstić information content (AvgIpc) is 3.21. The first-order valence-corrected chi connectivity index (χ1v) is 9.44. The minimum absolute atomic E-state index is 0.0319. The number of carbonyl (C=O) groups is 1. The summed E-state index contributed by atoms with van der Waals surface area (Å²) in [5.41, 5.74) is 2.70. The molecule has 1 aromatic heterocycles. The third kappa shape index (κ3) is 2.99. The van der Waals surface area contributed by atoms with Crippen molar-refractivity contribution in [2.24, 2.45) is 5.92 Å². The number of rotatable bonds is 3. The fourth-order valence-electron chi connectivity index (χ4n) is 4.23. The molecule has 0 amide bonds. The van der Waals surface area contributed by atoms with E-state index in [2.05, 4.69) is 21.5 Å². The van der Waals surface area contributed by atoms with Crippen LogP contribution in [0.15, 0.2) is 66.6 Å². The van der Waals surface area contributed by atoms with Crippen LogP contribution in [0.2, 0.25) is 0 Å². The van der Waals surface area contributed by atoms with Gasteiger partial charge in [-0.05, 0) is 35.4 Å². The summed E-state index contributed by atoms with van der Waals surface area (Å²) < 4.78 is 20.4. The molecule has 0 saturated carbocycles. The first kappa shape index (κ1) is 17.6. The fourth-order valence-corrected chi connectivity index (χ4v) is 4.23. The van der Waals surface area contributed by atoms with E-state index in [1.807, 2.05) is 24.3 Å². The number of fused-ring (bicyclic) bond motifs is 2. The zero-order chi connectivity index (χ0) is 20.0. The number of carbonyl (C=O) groups excluding carboxylic acids is 1. The Bertz CT molecular complexity index is 1090. The molecule has 0 fully saturated rings. The topological polar surface area (TPSA) is 69.0 Å². The van der Waals surface area contributed by atoms with Gasteiger partial charge >= 0.3 is 0 Å². The molecule has 2 aromatic carbocycles. The van der Waals surface area contributed by atoms with Crippen molar-refractivity contribution in [1.82, 2.24) is 14.8 Å². The highest BCUT2D eigenvalue weighted by Gasteiger charge is 2.43. The fraction of sp³-hybridized carbons (Fsp3) is 0.227. The maximum atomic E-state index is 13.5. The lowest BCUT2D eigenvalue weighted by molar-refractivity contribution is -0.123. The van der Waals surface area contributed by atoms with E-state index in [9.17, 15) is 9.18 Å². The lowest BCUT2D eigenvalue weighted by Gasteiger charge is -2.38. The summed E-state index contributed by atoms with van der Waals surface area (Å²) in [5, 5.41) is 7.59. The number of hydrogen-bond donors (Lipinski definition) is 1. The third-order valence-corrected chi connectivity index (χ3v) is 5.65. The summed E-state index contributed by atoms with van der Waals surface area (Å²) in [5.74, 6) is 0.712. The number of hydrogen-bond acceptors (Lipinski definition) is 5. The average molecular weight is 390 g/mol. The van der Waals surface area contributed by atoms with E-state index in [0.717, 1.165) is 22.6 Å². The number of methoxy groups -OCH3 is 1. The van der Waals surface area contributed by atoms with Crippen molar-refractivity contribution in [3.8, 4) is 5.75 Å². The maximum Gasteiger partial charge on any atom is 0.226 e. The summed E-state index contributed by atoms with van der Waals surface area (Å²) in [6.07, 6.45) is 3.95. The highest BCUT2D eigenvalue weighted by molar-refractivity contribution is 5.88. The van der Waals surface area contributed by atoms with E-state index >= 15 is 0 Å². The summed E-state index contributed by atoms with van der Waals surface area (Å²) >= 11 is 0. The molecule has 0 bridgehead atoms. The van der Waals surface area contributed by atoms with Gasteiger partial charge in [0.25, 0.3) is 0 Å². The number of anilines is 1. The number of aromatic nitrogens is 3. The number of benzene rings is 2. The predicted molar refractivity (Wildman–Crippen MR) is 105 cm³/mol. The largest absolute Gasteiger partial charge is 0.497 e. The van der Waals surface area contributed by atoms with E-state index in [4.69, 9.17) is 4.74 Å². The number of ether oxygens (including phenoxy) is 1. The Hall–Kier alpha value is -3.48. The Morgan fingerprint density at radius 2 is 1.83 bits per heavy atom. The molecule has 5 rings (SSSR count). The molecule has 1 N–H and O–H groups in total. The van der Waals surface area contributed by atoms with Gasteiger partial charge in [-0.2, -0.15) is 10.1 Å². The minimum Gasteiger partial charge on any atom is -0.497 e. The lowest BCUT2D eigenvalue weighted by atomic mass is 9.75. The van der Waals surface area contributed by atoms with Gasteiger partial charge in [-0.1, -0.05) is 30.3 Å². The summed E-state index contributed by atoms with van der Waals surface area (Å²) in [6, 6.07) is 13.6. The van der Waals surface area contributed by atoms with Crippen molar-refractivity contribution < 1.29 is 13.9 Å². The van der Waals surface area contributed by atoms with Crippen molar-refractivity contribution in [1.29, 1.82) is 0 Å². The molecule has 0 saturated heterocycles. The van der Waals surface area contributed by atoms with Gasteiger partial charge in [-0.3, -0.25) is 4.79 Å². The quantitative estimate of drug-likeness (QED) is 0.739. The van der Waals surface area contributed by atoms with E-state index < -0.39 is 5.92 Å². The molecule has 146 valence electrons. The van der Waals surface area contributed by atoms with E-state index in [1.165, 1.54) is 18.5 Å². The van der Waals surface area contributed by atoms with Crippen LogP contribution < -0.4 is 10.1 Å². The molecule has 0 unspecified atom stereocenters. The zero-order valence-corrected chi connectivity index (χ0v) is 15.7. The summed E-state index contributed by atoms with van der Waals surface area (Å²) in [6.45, 7) is 0. The van der Waals surface area contributed by atoms with Crippen LogP contribution in [0.3, 0.4) is 0 Å². The third-order valence-electron chi connectivity index (χ3n) is 5.65. The maximum absolute atomic E-state index is 13.5. The molecule has 1 aliphatic heterocycles. The molecule has 7 heteroatoms. The van der Waals surface area contributed by atoms with Gasteiger partial charge < -0.3 is 10.1 Å². The minimum atomic E-state index is -0.413. The van der Waals surface area contributed by atoms with E-state index in [1.54, 1.807) is 23.9 Å². The van der Waals surface area contributed by atoms with Crippen LogP contribution in [0.4, 0.5) is 10.3 Å². The molecule has 3 aromatic rings. The van der Waals surface area contributed by atoms with Crippen molar-refractivity contribution >= 4 is 11.7 Å². The SMILES string of the molecule is COc1ccc([C@H]2C=C3Nc4ncnn4[C@H](c4ccc(F)cc4)[C@H]3C(=O)C2)cc1. The van der Waals surface area contributed by atoms with Crippen LogP contribution in [0.5, 0.6) is 5.75 Å². The summed E-state index contributed by atoms with van der Waals surface area (Å²) in [4.78, 5) is 17.6. The second kappa shape index (κ2) is 6.84. The number of nitrogens with one attached hydrogen (secondary N) is 1. The van der Waals surface area contributed by atoms with Gasteiger partial charge in [0, 0.05) is 18.0 Å². The molecule has 0 radical (unpaired) electrons. The van der Waals surface area contributed by atoms with Gasteiger partial charge in [0.15, 0.2) is 0 Å². The number of halogens is 1. The Morgan fingerprint density at radius 3 is 2.55 bits per heavy atom. The van der Waals surface area contributed by atoms with Crippen molar-refractivity contribution in [3.63, 3.8) is 0 Å². The number of nitrogens with zero attached hydrogens (tertiary/aromatic N) is 3. The molecular weight excluding hydrogens is 371 g/mol. The van der Waals surface area contributed by atoms with Crippen LogP contribution >= 0.6 is 0 Å². The Kier molecular flexibility index (Phi) is 4.16. The van der Waals surface area contributed by atoms with Crippen LogP contribution in [0.1, 0.15) is 29.5 Å². The highest BCUT2D eigenvalue weighted by Crippen LogP contribution is 2.44. The molecule has 3 atom stereocenters. The number of allylic oxidation sites excluding steroid dienone is 2. The van der Waals surface area contributed by atoms with Gasteiger partial charge in [0.2, 0.25) is 5.95 Å². The first-order valence-electron chi connectivity index (χ1n) is 9.44. The molecule has 6 nitrogen and oxygen atoms in total. The molecule has 2 aliphatic rings. The van der Waals surface area contributed by atoms with Crippen molar-refractivity contribution in [3.05, 3.63) is 83.6 Å². The van der Waals surface area contributed by atoms with Crippen molar-refractivity contribution in [2.75, 3.05) is 12.4 Å². The Labute approximate surface area is 167 Å². The molecule has 0 spiro atoms. The molecule has 2 heterocycles. The predicted octanol–water partition coefficient (Wildman–Crippen LogP) is 3.70. The van der Waals surface area contributed by atoms with Crippen LogP contribution in [0.25, 0.3) is 0 Å². The smallest absolute Gasteiger partial charge is 0.226 e. The lowest BCUT2D eigenvalue weighted by Crippen LogP contribution is -2.40. The van der Waals surface area contributed by atoms with Gasteiger partial charge in [-0.15, -0.1) is 0 Å². The standard InChI is InChI=1S/C22H19FN4O2/c1-29-17-8-4-13(5-9-17)15-10-18-20(19(28)11-15)21(14-2-6-16(23)7-3-14)27-22(26-18)24-12-25-27/h2-10,12,15,20-21H,11H2,1H3,(H,24,25,26)/t15-,20+,21+/m0/s1. The molecular formula is C22H19FN4O2. The second-order valence-corrected chi connectivity index (χ2v) is 7.30. The highest BCUT2D eigenvalue weighted by atomic mass is 19.1. The number of Topliss-reactive ketones (excluding diaryl/α,β-unsaturated/α-hetero) is 1. The molecule has 29 heavy (non-hydrogen) atoms. The first-order chi connectivity index (χ1) is 14.1. The Balaban J connectivity index is 1.57. The normalized spacial score (nSPS) is 22.9. The van der Waals surface area contributed by atoms with E-state index in [0.29, 0.717) is 12.4 Å². The van der Waals surface area contributed by atoms with Gasteiger partial charge in [-0.25, -0.2) is 9.07 Å². The van der Waals surface area contributed by atoms with Crippen LogP contribution in [-0.2, 0) is 4.79 Å². The van der Waals surface area contributed by atoms with Gasteiger partial charge in [0.05, 0.1) is 19.1 Å². The molecule has 1 aliphatic carbocycles. The zero-order valence-electron chi connectivity index (χ0n) is 15.7. The second-order valence-electron chi connectivity index (χ2n) is 7.30. The number of ketones is 1. The van der Waals surface area contributed by atoms with Crippen LogP contribution in [-0.4, -0.2) is 27.7 Å². The summed E-state index contributed by atoms with van der Waals surface area (Å²) in [7, 11) is 1.63. The monoisotopic (exact) mass is 390 g/mol. The van der Waals surface area contributed by atoms with Crippen molar-refractivity contribution in [2.45, 2.75) is 18.4 Å².